The smallest absolute Gasteiger partial charge is 0.255 e. The lowest BCUT2D eigenvalue weighted by Gasteiger charge is -2.11. The van der Waals surface area contributed by atoms with E-state index in [0.29, 0.717) is 21.9 Å². The summed E-state index contributed by atoms with van der Waals surface area (Å²) in [5, 5.41) is 2.53. The third kappa shape index (κ3) is 3.14. The number of amides is 1. The summed E-state index contributed by atoms with van der Waals surface area (Å²) in [5.41, 5.74) is 7.35. The predicted molar refractivity (Wildman–Crippen MR) is 77.6 cm³/mol. The Labute approximate surface area is 122 Å². The van der Waals surface area contributed by atoms with Crippen LogP contribution in [-0.2, 0) is 0 Å². The van der Waals surface area contributed by atoms with E-state index in [9.17, 15) is 13.6 Å². The standard InChI is InChI=1S/C14H11BrF2N2O/c1-7-2-11(15)13(12(18)3-7)19-14(20)8-4-9(16)6-10(17)5-8/h2-6H,18H2,1H3,(H,19,20). The lowest BCUT2D eigenvalue weighted by Crippen LogP contribution is -2.14. The molecule has 0 saturated heterocycles. The van der Waals surface area contributed by atoms with E-state index in [4.69, 9.17) is 5.73 Å². The highest BCUT2D eigenvalue weighted by molar-refractivity contribution is 9.10. The molecule has 3 N–H and O–H groups in total. The molecule has 2 aromatic carbocycles. The largest absolute Gasteiger partial charge is 0.397 e. The number of hydrogen-bond acceptors (Lipinski definition) is 2. The normalized spacial score (nSPS) is 10.4. The number of nitrogens with one attached hydrogen (secondary N) is 1. The van der Waals surface area contributed by atoms with Crippen LogP contribution in [0.3, 0.4) is 0 Å². The van der Waals surface area contributed by atoms with E-state index in [1.54, 1.807) is 12.1 Å². The number of rotatable bonds is 2. The van der Waals surface area contributed by atoms with Crippen molar-refractivity contribution in [3.8, 4) is 0 Å². The Hall–Kier alpha value is -1.95. The van der Waals surface area contributed by atoms with Crippen molar-refractivity contribution in [1.82, 2.24) is 0 Å². The van der Waals surface area contributed by atoms with E-state index in [1.807, 2.05) is 6.92 Å². The van der Waals surface area contributed by atoms with Crippen LogP contribution in [0.4, 0.5) is 20.2 Å². The molecule has 0 saturated carbocycles. The average molecular weight is 341 g/mol. The first-order valence-corrected chi connectivity index (χ1v) is 6.49. The van der Waals surface area contributed by atoms with E-state index in [0.717, 1.165) is 17.7 Å². The highest BCUT2D eigenvalue weighted by Crippen LogP contribution is 2.30. The Morgan fingerprint density at radius 3 is 2.30 bits per heavy atom. The van der Waals surface area contributed by atoms with Crippen LogP contribution in [0.5, 0.6) is 0 Å². The summed E-state index contributed by atoms with van der Waals surface area (Å²) in [6.07, 6.45) is 0. The van der Waals surface area contributed by atoms with E-state index >= 15 is 0 Å². The van der Waals surface area contributed by atoms with Crippen LogP contribution in [-0.4, -0.2) is 5.91 Å². The molecule has 0 heterocycles. The lowest BCUT2D eigenvalue weighted by atomic mass is 10.1. The van der Waals surface area contributed by atoms with Crippen LogP contribution in [0.1, 0.15) is 15.9 Å². The number of carbonyl (C=O) groups excluding carboxylic acids is 1. The summed E-state index contributed by atoms with van der Waals surface area (Å²) in [5.74, 6) is -2.27. The molecule has 0 aliphatic carbocycles. The number of benzene rings is 2. The lowest BCUT2D eigenvalue weighted by molar-refractivity contribution is 0.102. The van der Waals surface area contributed by atoms with Gasteiger partial charge in [-0.15, -0.1) is 0 Å². The molecule has 1 amide bonds. The van der Waals surface area contributed by atoms with Crippen LogP contribution < -0.4 is 11.1 Å². The molecule has 0 spiro atoms. The maximum absolute atomic E-state index is 13.1. The molecule has 2 rings (SSSR count). The highest BCUT2D eigenvalue weighted by atomic mass is 79.9. The Morgan fingerprint density at radius 1 is 1.15 bits per heavy atom. The molecule has 104 valence electrons. The average Bonchev–Trinajstić information content (AvgIpc) is 2.32. The minimum atomic E-state index is -0.814. The summed E-state index contributed by atoms with van der Waals surface area (Å²) in [4.78, 5) is 12.0. The summed E-state index contributed by atoms with van der Waals surface area (Å²) in [7, 11) is 0. The third-order valence-corrected chi connectivity index (χ3v) is 3.25. The fourth-order valence-corrected chi connectivity index (χ4v) is 2.46. The van der Waals surface area contributed by atoms with Gasteiger partial charge < -0.3 is 11.1 Å². The molecule has 3 nitrogen and oxygen atoms in total. The monoisotopic (exact) mass is 340 g/mol. The first-order valence-electron chi connectivity index (χ1n) is 5.70. The minimum absolute atomic E-state index is 0.116. The van der Waals surface area contributed by atoms with Crippen molar-refractivity contribution in [2.75, 3.05) is 11.1 Å². The van der Waals surface area contributed by atoms with Crippen molar-refractivity contribution in [3.05, 3.63) is 57.6 Å². The van der Waals surface area contributed by atoms with Crippen molar-refractivity contribution < 1.29 is 13.6 Å². The molecule has 0 bridgehead atoms. The molecule has 0 aliphatic heterocycles. The third-order valence-electron chi connectivity index (χ3n) is 2.63. The zero-order valence-corrected chi connectivity index (χ0v) is 12.1. The molecule has 0 atom stereocenters. The summed E-state index contributed by atoms with van der Waals surface area (Å²) in [6, 6.07) is 6.07. The van der Waals surface area contributed by atoms with Gasteiger partial charge in [0.15, 0.2) is 0 Å². The Balaban J connectivity index is 2.32. The summed E-state index contributed by atoms with van der Waals surface area (Å²) < 4.78 is 26.8. The van der Waals surface area contributed by atoms with E-state index in [-0.39, 0.29) is 5.56 Å². The number of anilines is 2. The number of nitrogen functional groups attached to an aromatic ring is 1. The Morgan fingerprint density at radius 2 is 1.75 bits per heavy atom. The number of hydrogen-bond donors (Lipinski definition) is 2. The topological polar surface area (TPSA) is 55.1 Å². The SMILES string of the molecule is Cc1cc(N)c(NC(=O)c2cc(F)cc(F)c2)c(Br)c1. The maximum Gasteiger partial charge on any atom is 0.255 e. The van der Waals surface area contributed by atoms with Crippen LogP contribution in [0.2, 0.25) is 0 Å². The van der Waals surface area contributed by atoms with Crippen molar-refractivity contribution in [3.63, 3.8) is 0 Å². The molecule has 0 fully saturated rings. The number of halogens is 3. The second kappa shape index (κ2) is 5.58. The second-order valence-corrected chi connectivity index (χ2v) is 5.18. The first-order chi connectivity index (χ1) is 9.36. The van der Waals surface area contributed by atoms with Crippen molar-refractivity contribution in [1.29, 1.82) is 0 Å². The summed E-state index contributed by atoms with van der Waals surface area (Å²) in [6.45, 7) is 1.86. The number of carbonyl (C=O) groups is 1. The molecule has 0 aliphatic rings. The van der Waals surface area contributed by atoms with E-state index in [1.165, 1.54) is 0 Å². The molecule has 2 aromatic rings. The van der Waals surface area contributed by atoms with Crippen molar-refractivity contribution >= 4 is 33.2 Å². The molecule has 6 heteroatoms. The number of aryl methyl sites for hydroxylation is 1. The number of nitrogens with two attached hydrogens (primary N) is 1. The van der Waals surface area contributed by atoms with Gasteiger partial charge >= 0.3 is 0 Å². The van der Waals surface area contributed by atoms with Gasteiger partial charge in [0.05, 0.1) is 11.4 Å². The van der Waals surface area contributed by atoms with Gasteiger partial charge in [0.2, 0.25) is 0 Å². The predicted octanol–water partition coefficient (Wildman–Crippen LogP) is 3.87. The molecule has 0 radical (unpaired) electrons. The van der Waals surface area contributed by atoms with Crippen LogP contribution in [0, 0.1) is 18.6 Å². The van der Waals surface area contributed by atoms with Gasteiger partial charge in [0.25, 0.3) is 5.91 Å². The van der Waals surface area contributed by atoms with Crippen molar-refractivity contribution in [2.45, 2.75) is 6.92 Å². The quantitative estimate of drug-likeness (QED) is 0.815. The second-order valence-electron chi connectivity index (χ2n) is 4.32. The minimum Gasteiger partial charge on any atom is -0.397 e. The Bertz CT molecular complexity index is 646. The fourth-order valence-electron chi connectivity index (χ4n) is 1.77. The van der Waals surface area contributed by atoms with Gasteiger partial charge in [0, 0.05) is 16.1 Å². The van der Waals surface area contributed by atoms with Gasteiger partial charge in [-0.1, -0.05) is 0 Å². The maximum atomic E-state index is 13.1. The van der Waals surface area contributed by atoms with Crippen LogP contribution in [0.25, 0.3) is 0 Å². The molecule has 20 heavy (non-hydrogen) atoms. The van der Waals surface area contributed by atoms with Gasteiger partial charge in [-0.2, -0.15) is 0 Å². The first kappa shape index (κ1) is 14.5. The van der Waals surface area contributed by atoms with Crippen LogP contribution >= 0.6 is 15.9 Å². The van der Waals surface area contributed by atoms with Gasteiger partial charge in [-0.25, -0.2) is 8.78 Å². The van der Waals surface area contributed by atoms with Crippen molar-refractivity contribution in [2.24, 2.45) is 0 Å². The van der Waals surface area contributed by atoms with Gasteiger partial charge in [0.1, 0.15) is 11.6 Å². The Kier molecular flexibility index (Phi) is 4.04. The zero-order valence-electron chi connectivity index (χ0n) is 10.5. The fraction of sp³-hybridized carbons (Fsp3) is 0.0714. The molecule has 0 aromatic heterocycles. The zero-order chi connectivity index (χ0) is 14.9. The van der Waals surface area contributed by atoms with E-state index in [2.05, 4.69) is 21.2 Å². The molecule has 0 unspecified atom stereocenters. The van der Waals surface area contributed by atoms with Crippen LogP contribution in [0.15, 0.2) is 34.8 Å². The summed E-state index contributed by atoms with van der Waals surface area (Å²) >= 11 is 3.29. The van der Waals surface area contributed by atoms with Gasteiger partial charge in [-0.3, -0.25) is 4.79 Å². The molecular weight excluding hydrogens is 330 g/mol. The highest BCUT2D eigenvalue weighted by Gasteiger charge is 2.13. The molecular formula is C14H11BrF2N2O. The van der Waals surface area contributed by atoms with Gasteiger partial charge in [-0.05, 0) is 52.7 Å². The van der Waals surface area contributed by atoms with E-state index < -0.39 is 17.5 Å².